The number of benzene rings is 5. The van der Waals surface area contributed by atoms with Crippen LogP contribution in [0.1, 0.15) is 39.5 Å². The second-order valence-corrected chi connectivity index (χ2v) is 9.30. The average molecular weight is 528 g/mol. The van der Waals surface area contributed by atoms with Crippen LogP contribution in [0, 0.1) is 0 Å². The molecule has 2 amide bonds. The van der Waals surface area contributed by atoms with Gasteiger partial charge in [-0.3, -0.25) is 9.59 Å². The molecule has 0 unspecified atom stereocenters. The molecular formula is C34H29N3O3. The Morgan fingerprint density at radius 3 is 2.20 bits per heavy atom. The van der Waals surface area contributed by atoms with Gasteiger partial charge in [0.05, 0.1) is 18.7 Å². The zero-order valence-electron chi connectivity index (χ0n) is 21.9. The fraction of sp³-hybridized carbons (Fsp3) is 0.0882. The quantitative estimate of drug-likeness (QED) is 0.162. The van der Waals surface area contributed by atoms with Crippen LogP contribution in [0.5, 0.6) is 5.75 Å². The van der Waals surface area contributed by atoms with Crippen LogP contribution in [0.15, 0.2) is 132 Å². The Hall–Kier alpha value is -5.23. The van der Waals surface area contributed by atoms with Gasteiger partial charge in [-0.1, -0.05) is 91.0 Å². The molecule has 1 atom stereocenters. The summed E-state index contributed by atoms with van der Waals surface area (Å²) in [5.41, 5.74) is 5.88. The van der Waals surface area contributed by atoms with Crippen molar-refractivity contribution in [1.82, 2.24) is 10.7 Å². The molecule has 40 heavy (non-hydrogen) atoms. The fourth-order valence-corrected chi connectivity index (χ4v) is 4.41. The van der Waals surface area contributed by atoms with Gasteiger partial charge in [-0.05, 0) is 63.9 Å². The smallest absolute Gasteiger partial charge is 0.251 e. The highest BCUT2D eigenvalue weighted by Crippen LogP contribution is 2.21. The number of nitrogens with zero attached hydrogens (tertiary/aromatic N) is 1. The highest BCUT2D eigenvalue weighted by atomic mass is 16.5. The summed E-state index contributed by atoms with van der Waals surface area (Å²) in [6, 6.07) is 39.8. The minimum atomic E-state index is -0.498. The molecule has 0 saturated heterocycles. The number of hydrogen-bond acceptors (Lipinski definition) is 4. The molecule has 0 aliphatic carbocycles. The highest BCUT2D eigenvalue weighted by Gasteiger charge is 2.19. The van der Waals surface area contributed by atoms with Gasteiger partial charge in [0.25, 0.3) is 5.91 Å². The lowest BCUT2D eigenvalue weighted by molar-refractivity contribution is -0.121. The second-order valence-electron chi connectivity index (χ2n) is 9.30. The maximum atomic E-state index is 12.7. The lowest BCUT2D eigenvalue weighted by atomic mass is 10.0. The molecule has 5 aromatic carbocycles. The van der Waals surface area contributed by atoms with Crippen molar-refractivity contribution in [1.29, 1.82) is 0 Å². The van der Waals surface area contributed by atoms with Gasteiger partial charge >= 0.3 is 0 Å². The Labute approximate surface area is 233 Å². The van der Waals surface area contributed by atoms with Crippen molar-refractivity contribution >= 4 is 28.8 Å². The van der Waals surface area contributed by atoms with Crippen LogP contribution >= 0.6 is 0 Å². The van der Waals surface area contributed by atoms with E-state index in [9.17, 15) is 9.59 Å². The van der Waals surface area contributed by atoms with Crippen LogP contribution < -0.4 is 15.5 Å². The lowest BCUT2D eigenvalue weighted by Crippen LogP contribution is -2.32. The molecule has 0 heterocycles. The molecule has 0 aromatic heterocycles. The maximum absolute atomic E-state index is 12.7. The van der Waals surface area contributed by atoms with E-state index in [-0.39, 0.29) is 18.2 Å². The first-order valence-corrected chi connectivity index (χ1v) is 13.1. The van der Waals surface area contributed by atoms with E-state index in [0.29, 0.717) is 12.2 Å². The second kappa shape index (κ2) is 13.0. The molecule has 6 heteroatoms. The van der Waals surface area contributed by atoms with Gasteiger partial charge in [-0.15, -0.1) is 0 Å². The number of carbonyl (C=O) groups excluding carboxylic acids is 2. The third-order valence-electron chi connectivity index (χ3n) is 6.49. The van der Waals surface area contributed by atoms with Gasteiger partial charge < -0.3 is 10.1 Å². The summed E-state index contributed by atoms with van der Waals surface area (Å²) in [6.07, 6.45) is 1.62. The number of rotatable bonds is 10. The first kappa shape index (κ1) is 26.4. The Morgan fingerprint density at radius 2 is 1.43 bits per heavy atom. The van der Waals surface area contributed by atoms with Gasteiger partial charge in [0.1, 0.15) is 12.4 Å². The summed E-state index contributed by atoms with van der Waals surface area (Å²) >= 11 is 0. The topological polar surface area (TPSA) is 79.8 Å². The molecule has 0 bridgehead atoms. The number of amides is 2. The van der Waals surface area contributed by atoms with Crippen molar-refractivity contribution in [3.63, 3.8) is 0 Å². The number of carbonyl (C=O) groups is 2. The van der Waals surface area contributed by atoms with Crippen molar-refractivity contribution in [2.45, 2.75) is 19.1 Å². The summed E-state index contributed by atoms with van der Waals surface area (Å²) in [6.45, 7) is 0.467. The Bertz CT molecular complexity index is 1600. The number of ether oxygens (including phenoxy) is 1. The van der Waals surface area contributed by atoms with Crippen LogP contribution in [0.2, 0.25) is 0 Å². The maximum Gasteiger partial charge on any atom is 0.251 e. The molecule has 2 N–H and O–H groups in total. The molecule has 0 spiro atoms. The van der Waals surface area contributed by atoms with Gasteiger partial charge in [0.2, 0.25) is 5.91 Å². The third-order valence-corrected chi connectivity index (χ3v) is 6.49. The Balaban J connectivity index is 1.15. The summed E-state index contributed by atoms with van der Waals surface area (Å²) in [5, 5.41) is 9.43. The van der Waals surface area contributed by atoms with Crippen LogP contribution in [-0.2, 0) is 11.4 Å². The standard InChI is InChI=1S/C34H29N3O3/c38-33(22-32(27-11-3-1-4-12-27)36-34(39)28-13-5-2-6-14-28)37-35-23-25-18-20-30(21-19-25)40-24-29-16-9-15-26-10-7-8-17-31(26)29/h1-21,23,32H,22,24H2,(H,36,39)(H,37,38)/b35-23-/t32-/m1/s1. The van der Waals surface area contributed by atoms with Crippen LogP contribution in [0.4, 0.5) is 0 Å². The molecule has 0 radical (unpaired) electrons. The van der Waals surface area contributed by atoms with E-state index >= 15 is 0 Å². The zero-order chi connectivity index (χ0) is 27.6. The molecule has 198 valence electrons. The number of fused-ring (bicyclic) bond motifs is 1. The normalized spacial score (nSPS) is 11.7. The van der Waals surface area contributed by atoms with Crippen molar-refractivity contribution < 1.29 is 14.3 Å². The van der Waals surface area contributed by atoms with Crippen molar-refractivity contribution in [2.24, 2.45) is 5.10 Å². The lowest BCUT2D eigenvalue weighted by Gasteiger charge is -2.18. The van der Waals surface area contributed by atoms with Gasteiger partial charge in [-0.25, -0.2) is 5.43 Å². The van der Waals surface area contributed by atoms with Gasteiger partial charge in [0, 0.05) is 5.56 Å². The van der Waals surface area contributed by atoms with Gasteiger partial charge in [0.15, 0.2) is 0 Å². The van der Waals surface area contributed by atoms with Crippen molar-refractivity contribution in [3.05, 3.63) is 150 Å². The molecule has 0 aliphatic rings. The summed E-state index contributed by atoms with van der Waals surface area (Å²) in [4.78, 5) is 25.4. The predicted molar refractivity (Wildman–Crippen MR) is 158 cm³/mol. The minimum Gasteiger partial charge on any atom is -0.489 e. The van der Waals surface area contributed by atoms with Crippen molar-refractivity contribution in [3.8, 4) is 5.75 Å². The third kappa shape index (κ3) is 6.99. The van der Waals surface area contributed by atoms with E-state index in [1.165, 1.54) is 10.8 Å². The fourth-order valence-electron chi connectivity index (χ4n) is 4.41. The van der Waals surface area contributed by atoms with E-state index < -0.39 is 6.04 Å². The van der Waals surface area contributed by atoms with Gasteiger partial charge in [-0.2, -0.15) is 5.10 Å². The first-order valence-electron chi connectivity index (χ1n) is 13.1. The molecule has 6 nitrogen and oxygen atoms in total. The highest BCUT2D eigenvalue weighted by molar-refractivity contribution is 5.94. The van der Waals surface area contributed by atoms with Crippen LogP contribution in [-0.4, -0.2) is 18.0 Å². The summed E-state index contributed by atoms with van der Waals surface area (Å²) in [7, 11) is 0. The molecule has 5 rings (SSSR count). The number of hydrogen-bond donors (Lipinski definition) is 2. The molecule has 0 saturated carbocycles. The number of nitrogens with one attached hydrogen (secondary N) is 2. The van der Waals surface area contributed by atoms with E-state index in [0.717, 1.165) is 22.4 Å². The van der Waals surface area contributed by atoms with Crippen LogP contribution in [0.25, 0.3) is 10.8 Å². The monoisotopic (exact) mass is 527 g/mol. The summed E-state index contributed by atoms with van der Waals surface area (Å²) < 4.78 is 6.00. The molecule has 5 aromatic rings. The zero-order valence-corrected chi connectivity index (χ0v) is 21.9. The predicted octanol–water partition coefficient (Wildman–Crippen LogP) is 6.43. The first-order chi connectivity index (χ1) is 19.7. The molecule has 0 aliphatic heterocycles. The van der Waals surface area contributed by atoms with E-state index in [1.807, 2.05) is 78.9 Å². The van der Waals surface area contributed by atoms with Crippen LogP contribution in [0.3, 0.4) is 0 Å². The van der Waals surface area contributed by atoms with Crippen molar-refractivity contribution in [2.75, 3.05) is 0 Å². The Kier molecular flexibility index (Phi) is 8.59. The Morgan fingerprint density at radius 1 is 0.750 bits per heavy atom. The molecule has 0 fully saturated rings. The summed E-state index contributed by atoms with van der Waals surface area (Å²) in [5.74, 6) is 0.191. The van der Waals surface area contributed by atoms with E-state index in [1.54, 1.807) is 30.5 Å². The number of hydrazone groups is 1. The minimum absolute atomic E-state index is 0.0425. The largest absolute Gasteiger partial charge is 0.489 e. The van der Waals surface area contributed by atoms with E-state index in [4.69, 9.17) is 4.74 Å². The SMILES string of the molecule is O=C(C[C@@H](NC(=O)c1ccccc1)c1ccccc1)N/N=C\c1ccc(OCc2cccc3ccccc23)cc1. The average Bonchev–Trinajstić information content (AvgIpc) is 3.01. The molecular weight excluding hydrogens is 498 g/mol. The van der Waals surface area contributed by atoms with E-state index in [2.05, 4.69) is 40.1 Å².